The van der Waals surface area contributed by atoms with Gasteiger partial charge in [0.25, 0.3) is 5.91 Å². The van der Waals surface area contributed by atoms with E-state index < -0.39 is 17.5 Å². The van der Waals surface area contributed by atoms with Crippen molar-refractivity contribution in [1.29, 1.82) is 0 Å². The van der Waals surface area contributed by atoms with E-state index >= 15 is 0 Å². The second kappa shape index (κ2) is 6.57. The van der Waals surface area contributed by atoms with Crippen LogP contribution >= 0.6 is 0 Å². The fourth-order valence-electron chi connectivity index (χ4n) is 2.31. The van der Waals surface area contributed by atoms with E-state index in [0.29, 0.717) is 0 Å². The minimum Gasteiger partial charge on any atom is -0.346 e. The number of rotatable bonds is 4. The summed E-state index contributed by atoms with van der Waals surface area (Å²) in [6, 6.07) is 9.76. The summed E-state index contributed by atoms with van der Waals surface area (Å²) in [5, 5.41) is 6.74. The van der Waals surface area contributed by atoms with Crippen molar-refractivity contribution < 1.29 is 13.6 Å². The predicted octanol–water partition coefficient (Wildman–Crippen LogP) is 3.04. The van der Waals surface area contributed by atoms with Gasteiger partial charge in [-0.25, -0.2) is 18.4 Å². The lowest BCUT2D eigenvalue weighted by Crippen LogP contribution is -2.26. The first kappa shape index (κ1) is 15.8. The molecule has 0 bridgehead atoms. The first-order valence-electron chi connectivity index (χ1n) is 7.25. The minimum absolute atomic E-state index is 0.0569. The van der Waals surface area contributed by atoms with Gasteiger partial charge in [0.15, 0.2) is 0 Å². The van der Waals surface area contributed by atoms with Gasteiger partial charge in [-0.2, -0.15) is 5.10 Å². The van der Waals surface area contributed by atoms with E-state index in [9.17, 15) is 13.6 Å². The van der Waals surface area contributed by atoms with Crippen molar-refractivity contribution in [2.45, 2.75) is 13.0 Å². The van der Waals surface area contributed by atoms with Crippen LogP contribution in [0.1, 0.15) is 28.9 Å². The Balaban J connectivity index is 1.72. The van der Waals surface area contributed by atoms with Crippen LogP contribution in [-0.4, -0.2) is 20.7 Å². The molecular formula is C17H14F2N4O. The van der Waals surface area contributed by atoms with Crippen molar-refractivity contribution in [3.05, 3.63) is 77.9 Å². The number of aromatic nitrogens is 3. The molecule has 1 atom stereocenters. The van der Waals surface area contributed by atoms with Crippen LogP contribution in [0.4, 0.5) is 8.78 Å². The van der Waals surface area contributed by atoms with Crippen LogP contribution in [0.3, 0.4) is 0 Å². The van der Waals surface area contributed by atoms with Gasteiger partial charge >= 0.3 is 0 Å². The van der Waals surface area contributed by atoms with Crippen molar-refractivity contribution in [3.8, 4) is 5.69 Å². The maximum atomic E-state index is 13.2. The zero-order valence-corrected chi connectivity index (χ0v) is 12.8. The molecule has 122 valence electrons. The van der Waals surface area contributed by atoms with Gasteiger partial charge in [-0.3, -0.25) is 4.79 Å². The summed E-state index contributed by atoms with van der Waals surface area (Å²) < 4.78 is 28.0. The molecule has 1 amide bonds. The standard InChI is InChI=1S/C17H14F2N4O/c1-11(22-17(24)13-6-14(18)8-15(19)7-13)12-2-4-16(5-3-12)23-10-20-9-21-23/h2-11H,1H3,(H,22,24)/t11-/m0/s1. The highest BCUT2D eigenvalue weighted by molar-refractivity contribution is 5.94. The number of benzene rings is 2. The van der Waals surface area contributed by atoms with E-state index in [1.165, 1.54) is 6.33 Å². The zero-order valence-electron chi connectivity index (χ0n) is 12.8. The van der Waals surface area contributed by atoms with Crippen LogP contribution < -0.4 is 5.32 Å². The third kappa shape index (κ3) is 3.45. The minimum atomic E-state index is -0.787. The number of halogens is 2. The number of nitrogens with one attached hydrogen (secondary N) is 1. The molecule has 2 aromatic carbocycles. The molecule has 0 saturated carbocycles. The number of carbonyl (C=O) groups excluding carboxylic acids is 1. The summed E-state index contributed by atoms with van der Waals surface area (Å²) in [5.74, 6) is -2.11. The average molecular weight is 328 g/mol. The summed E-state index contributed by atoms with van der Waals surface area (Å²) in [5.41, 5.74) is 1.63. The summed E-state index contributed by atoms with van der Waals surface area (Å²) in [4.78, 5) is 16.0. The van der Waals surface area contributed by atoms with Gasteiger partial charge in [0.05, 0.1) is 11.7 Å². The van der Waals surface area contributed by atoms with E-state index in [1.54, 1.807) is 17.9 Å². The molecule has 0 unspecified atom stereocenters. The largest absolute Gasteiger partial charge is 0.346 e. The second-order valence-corrected chi connectivity index (χ2v) is 5.28. The fraction of sp³-hybridized carbons (Fsp3) is 0.118. The third-order valence-corrected chi connectivity index (χ3v) is 3.55. The van der Waals surface area contributed by atoms with E-state index in [0.717, 1.165) is 29.4 Å². The van der Waals surface area contributed by atoms with Crippen molar-refractivity contribution in [1.82, 2.24) is 20.1 Å². The monoisotopic (exact) mass is 328 g/mol. The van der Waals surface area contributed by atoms with Crippen molar-refractivity contribution in [2.24, 2.45) is 0 Å². The molecule has 3 rings (SSSR count). The van der Waals surface area contributed by atoms with Gasteiger partial charge in [0, 0.05) is 11.6 Å². The number of amides is 1. The Morgan fingerprint density at radius 2 is 1.79 bits per heavy atom. The Morgan fingerprint density at radius 3 is 2.38 bits per heavy atom. The molecule has 0 radical (unpaired) electrons. The van der Waals surface area contributed by atoms with Gasteiger partial charge < -0.3 is 5.32 Å². The average Bonchev–Trinajstić information content (AvgIpc) is 3.08. The number of nitrogens with zero attached hydrogens (tertiary/aromatic N) is 3. The number of carbonyl (C=O) groups is 1. The third-order valence-electron chi connectivity index (χ3n) is 3.55. The molecule has 7 heteroatoms. The second-order valence-electron chi connectivity index (χ2n) is 5.28. The molecule has 0 aliphatic heterocycles. The number of hydrogen-bond acceptors (Lipinski definition) is 3. The molecule has 1 N–H and O–H groups in total. The molecule has 0 spiro atoms. The van der Waals surface area contributed by atoms with Crippen LogP contribution in [0.15, 0.2) is 55.1 Å². The molecule has 0 fully saturated rings. The molecule has 24 heavy (non-hydrogen) atoms. The molecule has 0 saturated heterocycles. The maximum Gasteiger partial charge on any atom is 0.251 e. The lowest BCUT2D eigenvalue weighted by molar-refractivity contribution is 0.0939. The van der Waals surface area contributed by atoms with Crippen LogP contribution in [0, 0.1) is 11.6 Å². The van der Waals surface area contributed by atoms with E-state index in [1.807, 2.05) is 24.3 Å². The Morgan fingerprint density at radius 1 is 1.12 bits per heavy atom. The highest BCUT2D eigenvalue weighted by Gasteiger charge is 2.13. The van der Waals surface area contributed by atoms with Gasteiger partial charge in [-0.15, -0.1) is 0 Å². The molecule has 0 aliphatic rings. The van der Waals surface area contributed by atoms with E-state index in [4.69, 9.17) is 0 Å². The van der Waals surface area contributed by atoms with Crippen molar-refractivity contribution in [2.75, 3.05) is 0 Å². The Bertz CT molecular complexity index is 827. The van der Waals surface area contributed by atoms with Gasteiger partial charge in [-0.05, 0) is 36.8 Å². The van der Waals surface area contributed by atoms with E-state index in [2.05, 4.69) is 15.4 Å². The molecule has 1 aromatic heterocycles. The van der Waals surface area contributed by atoms with Crippen LogP contribution in [0.2, 0.25) is 0 Å². The first-order chi connectivity index (χ1) is 11.5. The van der Waals surface area contributed by atoms with Gasteiger partial charge in [0.1, 0.15) is 24.3 Å². The van der Waals surface area contributed by atoms with Crippen LogP contribution in [0.25, 0.3) is 5.69 Å². The summed E-state index contributed by atoms with van der Waals surface area (Å²) in [6.07, 6.45) is 3.02. The van der Waals surface area contributed by atoms with Crippen molar-refractivity contribution >= 4 is 5.91 Å². The molecule has 5 nitrogen and oxygen atoms in total. The quantitative estimate of drug-likeness (QED) is 0.801. The fourth-order valence-corrected chi connectivity index (χ4v) is 2.31. The van der Waals surface area contributed by atoms with Crippen LogP contribution in [0.5, 0.6) is 0 Å². The Hall–Kier alpha value is -3.09. The predicted molar refractivity (Wildman–Crippen MR) is 83.6 cm³/mol. The zero-order chi connectivity index (χ0) is 17.1. The Kier molecular flexibility index (Phi) is 4.33. The van der Waals surface area contributed by atoms with Crippen LogP contribution in [-0.2, 0) is 0 Å². The van der Waals surface area contributed by atoms with Gasteiger partial charge in [-0.1, -0.05) is 12.1 Å². The smallest absolute Gasteiger partial charge is 0.251 e. The van der Waals surface area contributed by atoms with Crippen molar-refractivity contribution in [3.63, 3.8) is 0 Å². The highest BCUT2D eigenvalue weighted by Crippen LogP contribution is 2.16. The lowest BCUT2D eigenvalue weighted by Gasteiger charge is -2.15. The molecular weight excluding hydrogens is 314 g/mol. The topological polar surface area (TPSA) is 59.8 Å². The SMILES string of the molecule is C[C@H](NC(=O)c1cc(F)cc(F)c1)c1ccc(-n2cncn2)cc1. The first-order valence-corrected chi connectivity index (χ1v) is 7.25. The lowest BCUT2D eigenvalue weighted by atomic mass is 10.1. The van der Waals surface area contributed by atoms with E-state index in [-0.39, 0.29) is 11.6 Å². The molecule has 1 heterocycles. The normalized spacial score (nSPS) is 12.0. The number of hydrogen-bond donors (Lipinski definition) is 1. The maximum absolute atomic E-state index is 13.2. The summed E-state index contributed by atoms with van der Waals surface area (Å²) >= 11 is 0. The molecule has 3 aromatic rings. The Labute approximate surface area is 137 Å². The summed E-state index contributed by atoms with van der Waals surface area (Å²) in [6.45, 7) is 1.79. The highest BCUT2D eigenvalue weighted by atomic mass is 19.1. The van der Waals surface area contributed by atoms with Gasteiger partial charge in [0.2, 0.25) is 0 Å². The summed E-state index contributed by atoms with van der Waals surface area (Å²) in [7, 11) is 0. The molecule has 0 aliphatic carbocycles.